The lowest BCUT2D eigenvalue weighted by atomic mass is 9.95. The van der Waals surface area contributed by atoms with Gasteiger partial charge in [-0.05, 0) is 37.6 Å². The molecule has 1 saturated heterocycles. The highest BCUT2D eigenvalue weighted by molar-refractivity contribution is 6.31. The van der Waals surface area contributed by atoms with Gasteiger partial charge in [-0.15, -0.1) is 0 Å². The van der Waals surface area contributed by atoms with E-state index in [-0.39, 0.29) is 5.91 Å². The second-order valence-electron chi connectivity index (χ2n) is 4.62. The molecule has 0 bridgehead atoms. The number of hydrogen-bond donors (Lipinski definition) is 1. The van der Waals surface area contributed by atoms with Gasteiger partial charge in [-0.25, -0.2) is 0 Å². The van der Waals surface area contributed by atoms with Crippen LogP contribution in [-0.2, 0) is 0 Å². The van der Waals surface area contributed by atoms with Gasteiger partial charge in [-0.3, -0.25) is 4.79 Å². The zero-order chi connectivity index (χ0) is 11.9. The van der Waals surface area contributed by atoms with E-state index >= 15 is 0 Å². The van der Waals surface area contributed by atoms with Gasteiger partial charge in [0.15, 0.2) is 0 Å². The molecule has 0 aliphatic carbocycles. The Hall–Kier alpha value is -1.06. The number of rotatable bonds is 1. The lowest BCUT2D eigenvalue weighted by Gasteiger charge is -2.44. The second kappa shape index (κ2) is 3.75. The second-order valence-corrected chi connectivity index (χ2v) is 5.03. The maximum atomic E-state index is 11.9. The molecule has 1 heterocycles. The fourth-order valence-corrected chi connectivity index (χ4v) is 2.00. The number of nitrogens with zero attached hydrogens (tertiary/aromatic N) is 1. The van der Waals surface area contributed by atoms with E-state index in [2.05, 4.69) is 0 Å². The van der Waals surface area contributed by atoms with Crippen molar-refractivity contribution in [2.24, 2.45) is 0 Å². The standard InChI is InChI=1S/C12H14ClNO2/c1-8-5-9(3-4-10(8)13)11(15)14-6-12(2,16)7-14/h3-5,16H,6-7H2,1-2H3. The number of likely N-dealkylation sites (tertiary alicyclic amines) is 1. The summed E-state index contributed by atoms with van der Waals surface area (Å²) < 4.78 is 0. The number of aryl methyl sites for hydroxylation is 1. The Bertz CT molecular complexity index is 435. The van der Waals surface area contributed by atoms with Gasteiger partial charge in [0.05, 0.1) is 18.7 Å². The van der Waals surface area contributed by atoms with Gasteiger partial charge >= 0.3 is 0 Å². The Kier molecular flexibility index (Phi) is 2.68. The lowest BCUT2D eigenvalue weighted by Crippen LogP contribution is -2.61. The fraction of sp³-hybridized carbons (Fsp3) is 0.417. The molecule has 0 unspecified atom stereocenters. The first-order chi connectivity index (χ1) is 7.39. The summed E-state index contributed by atoms with van der Waals surface area (Å²) in [6.07, 6.45) is 0. The molecule has 1 aromatic rings. The van der Waals surface area contributed by atoms with Crippen LogP contribution in [-0.4, -0.2) is 34.6 Å². The summed E-state index contributed by atoms with van der Waals surface area (Å²) in [7, 11) is 0. The third kappa shape index (κ3) is 2.06. The van der Waals surface area contributed by atoms with Crippen LogP contribution in [0.15, 0.2) is 18.2 Å². The van der Waals surface area contributed by atoms with Crippen LogP contribution in [0.25, 0.3) is 0 Å². The maximum absolute atomic E-state index is 11.9. The molecule has 1 fully saturated rings. The molecule has 2 rings (SSSR count). The molecule has 0 spiro atoms. The average Bonchev–Trinajstić information content (AvgIpc) is 2.17. The van der Waals surface area contributed by atoms with Crippen LogP contribution >= 0.6 is 11.6 Å². The normalized spacial score (nSPS) is 18.1. The van der Waals surface area contributed by atoms with Crippen molar-refractivity contribution in [3.05, 3.63) is 34.3 Å². The van der Waals surface area contributed by atoms with Crippen molar-refractivity contribution in [2.75, 3.05) is 13.1 Å². The highest BCUT2D eigenvalue weighted by atomic mass is 35.5. The predicted molar refractivity (Wildman–Crippen MR) is 62.7 cm³/mol. The van der Waals surface area contributed by atoms with Crippen LogP contribution in [0.4, 0.5) is 0 Å². The number of β-amino-alcohol motifs (C(OH)–C–C–N with tert-alkyl or cyclic N) is 1. The summed E-state index contributed by atoms with van der Waals surface area (Å²) in [5.74, 6) is -0.0497. The van der Waals surface area contributed by atoms with E-state index in [1.165, 1.54) is 0 Å². The van der Waals surface area contributed by atoms with Crippen LogP contribution in [0, 0.1) is 6.92 Å². The van der Waals surface area contributed by atoms with E-state index in [0.717, 1.165) is 5.56 Å². The Morgan fingerprint density at radius 3 is 2.62 bits per heavy atom. The number of benzene rings is 1. The zero-order valence-electron chi connectivity index (χ0n) is 9.33. The summed E-state index contributed by atoms with van der Waals surface area (Å²) in [5.41, 5.74) is 0.786. The van der Waals surface area contributed by atoms with Crippen molar-refractivity contribution in [1.82, 2.24) is 4.90 Å². The molecule has 3 nitrogen and oxygen atoms in total. The zero-order valence-corrected chi connectivity index (χ0v) is 10.1. The number of hydrogen-bond acceptors (Lipinski definition) is 2. The van der Waals surface area contributed by atoms with Crippen LogP contribution < -0.4 is 0 Å². The average molecular weight is 240 g/mol. The number of aliphatic hydroxyl groups is 1. The van der Waals surface area contributed by atoms with Gasteiger partial charge < -0.3 is 10.0 Å². The van der Waals surface area contributed by atoms with E-state index in [1.54, 1.807) is 30.0 Å². The van der Waals surface area contributed by atoms with Crippen molar-refractivity contribution < 1.29 is 9.90 Å². The largest absolute Gasteiger partial charge is 0.386 e. The molecule has 16 heavy (non-hydrogen) atoms. The van der Waals surface area contributed by atoms with Gasteiger partial charge in [-0.2, -0.15) is 0 Å². The third-order valence-corrected chi connectivity index (χ3v) is 3.18. The molecule has 1 N–H and O–H groups in total. The summed E-state index contributed by atoms with van der Waals surface area (Å²) >= 11 is 5.89. The van der Waals surface area contributed by atoms with Crippen molar-refractivity contribution in [3.63, 3.8) is 0 Å². The van der Waals surface area contributed by atoms with E-state index in [0.29, 0.717) is 23.7 Å². The summed E-state index contributed by atoms with van der Waals surface area (Å²) in [4.78, 5) is 13.6. The number of halogens is 1. The molecule has 1 amide bonds. The molecular formula is C12H14ClNO2. The predicted octanol–water partition coefficient (Wildman–Crippen LogP) is 1.86. The molecule has 86 valence electrons. The summed E-state index contributed by atoms with van der Waals surface area (Å²) in [6, 6.07) is 5.21. The molecule has 0 saturated carbocycles. The van der Waals surface area contributed by atoms with Gasteiger partial charge in [0.25, 0.3) is 5.91 Å². The Balaban J connectivity index is 2.13. The minimum absolute atomic E-state index is 0.0497. The maximum Gasteiger partial charge on any atom is 0.254 e. The highest BCUT2D eigenvalue weighted by Crippen LogP contribution is 2.23. The van der Waals surface area contributed by atoms with Gasteiger partial charge in [0, 0.05) is 10.6 Å². The minimum atomic E-state index is -0.725. The highest BCUT2D eigenvalue weighted by Gasteiger charge is 2.39. The molecule has 0 aromatic heterocycles. The molecule has 0 radical (unpaired) electrons. The van der Waals surface area contributed by atoms with Crippen LogP contribution in [0.3, 0.4) is 0 Å². The van der Waals surface area contributed by atoms with Crippen molar-refractivity contribution in [2.45, 2.75) is 19.4 Å². The monoisotopic (exact) mass is 239 g/mol. The van der Waals surface area contributed by atoms with Gasteiger partial charge in [-0.1, -0.05) is 11.6 Å². The number of carbonyl (C=O) groups excluding carboxylic acids is 1. The van der Waals surface area contributed by atoms with E-state index in [4.69, 9.17) is 11.6 Å². The van der Waals surface area contributed by atoms with Crippen LogP contribution in [0.2, 0.25) is 5.02 Å². The van der Waals surface area contributed by atoms with Crippen molar-refractivity contribution in [1.29, 1.82) is 0 Å². The third-order valence-electron chi connectivity index (χ3n) is 2.76. The number of amides is 1. The molecule has 1 aliphatic heterocycles. The number of carbonyl (C=O) groups is 1. The molecular weight excluding hydrogens is 226 g/mol. The van der Waals surface area contributed by atoms with Crippen LogP contribution in [0.5, 0.6) is 0 Å². The molecule has 1 aromatic carbocycles. The molecule has 4 heteroatoms. The molecule has 1 aliphatic rings. The topological polar surface area (TPSA) is 40.5 Å². The van der Waals surface area contributed by atoms with Crippen LogP contribution in [0.1, 0.15) is 22.8 Å². The summed E-state index contributed by atoms with van der Waals surface area (Å²) in [5, 5.41) is 10.2. The van der Waals surface area contributed by atoms with E-state index < -0.39 is 5.60 Å². The summed E-state index contributed by atoms with van der Waals surface area (Å²) in [6.45, 7) is 4.39. The minimum Gasteiger partial charge on any atom is -0.386 e. The Morgan fingerprint density at radius 1 is 1.50 bits per heavy atom. The van der Waals surface area contributed by atoms with Gasteiger partial charge in [0.1, 0.15) is 0 Å². The fourth-order valence-electron chi connectivity index (χ4n) is 1.88. The van der Waals surface area contributed by atoms with E-state index in [9.17, 15) is 9.90 Å². The first-order valence-electron chi connectivity index (χ1n) is 5.17. The Labute approximate surface area is 99.6 Å². The Morgan fingerprint density at radius 2 is 2.12 bits per heavy atom. The lowest BCUT2D eigenvalue weighted by molar-refractivity contribution is -0.0668. The first kappa shape index (κ1) is 11.4. The van der Waals surface area contributed by atoms with Gasteiger partial charge in [0.2, 0.25) is 0 Å². The van der Waals surface area contributed by atoms with Crippen molar-refractivity contribution >= 4 is 17.5 Å². The quantitative estimate of drug-likeness (QED) is 0.813. The smallest absolute Gasteiger partial charge is 0.254 e. The SMILES string of the molecule is Cc1cc(C(=O)N2CC(C)(O)C2)ccc1Cl. The van der Waals surface area contributed by atoms with Crippen molar-refractivity contribution in [3.8, 4) is 0 Å². The first-order valence-corrected chi connectivity index (χ1v) is 5.55. The van der Waals surface area contributed by atoms with E-state index in [1.807, 2.05) is 6.92 Å². The molecule has 0 atom stereocenters.